The second kappa shape index (κ2) is 7.64. The summed E-state index contributed by atoms with van der Waals surface area (Å²) < 4.78 is 9.42. The van der Waals surface area contributed by atoms with E-state index in [1.165, 1.54) is 0 Å². The number of ether oxygens (including phenoxy) is 1. The fraction of sp³-hybridized carbons (Fsp3) is 0.280. The highest BCUT2D eigenvalue weighted by molar-refractivity contribution is 6.30. The second-order valence-electron chi connectivity index (χ2n) is 8.56. The molecule has 0 bridgehead atoms. The third-order valence-electron chi connectivity index (χ3n) is 6.38. The average molecular weight is 460 g/mol. The molecule has 0 radical (unpaired) electrons. The topological polar surface area (TPSA) is 74.8 Å². The van der Waals surface area contributed by atoms with Gasteiger partial charge in [-0.25, -0.2) is 15.0 Å². The minimum Gasteiger partial charge on any atom is -0.376 e. The lowest BCUT2D eigenvalue weighted by molar-refractivity contribution is 0.0955. The molecule has 166 valence electrons. The zero-order valence-electron chi connectivity index (χ0n) is 18.4. The fourth-order valence-corrected chi connectivity index (χ4v) is 4.86. The van der Waals surface area contributed by atoms with Crippen LogP contribution in [0.25, 0.3) is 38.9 Å². The van der Waals surface area contributed by atoms with Crippen LogP contribution in [0.2, 0.25) is 5.02 Å². The normalized spacial score (nSPS) is 16.4. The van der Waals surface area contributed by atoms with Crippen molar-refractivity contribution >= 4 is 44.8 Å². The highest BCUT2D eigenvalue weighted by Gasteiger charge is 2.25. The van der Waals surface area contributed by atoms with E-state index in [1.807, 2.05) is 60.9 Å². The van der Waals surface area contributed by atoms with Crippen LogP contribution in [0.5, 0.6) is 0 Å². The molecule has 0 N–H and O–H groups in total. The number of fused-ring (bicyclic) bond motifs is 4. The Balaban J connectivity index is 1.75. The summed E-state index contributed by atoms with van der Waals surface area (Å²) in [5, 5.41) is 1.06. The fourth-order valence-electron chi connectivity index (χ4n) is 4.69. The maximum absolute atomic E-state index is 13.8. The monoisotopic (exact) mass is 459 g/mol. The number of hydrogen-bond acceptors (Lipinski definition) is 5. The molecule has 0 amide bonds. The van der Waals surface area contributed by atoms with Gasteiger partial charge in [-0.2, -0.15) is 0 Å². The van der Waals surface area contributed by atoms with E-state index < -0.39 is 0 Å². The summed E-state index contributed by atoms with van der Waals surface area (Å²) in [6.07, 6.45) is 1.98. The molecule has 0 saturated carbocycles. The van der Waals surface area contributed by atoms with Crippen molar-refractivity contribution in [2.75, 3.05) is 6.61 Å². The van der Waals surface area contributed by atoms with Crippen LogP contribution in [-0.4, -0.2) is 36.8 Å². The number of para-hydroxylation sites is 2. The quantitative estimate of drug-likeness (QED) is 0.390. The van der Waals surface area contributed by atoms with Crippen LogP contribution in [0.4, 0.5) is 0 Å². The molecule has 1 atom stereocenters. The molecule has 7 nitrogen and oxygen atoms in total. The van der Waals surface area contributed by atoms with Crippen LogP contribution >= 0.6 is 11.6 Å². The Morgan fingerprint density at radius 3 is 2.61 bits per heavy atom. The van der Waals surface area contributed by atoms with E-state index in [-0.39, 0.29) is 11.7 Å². The number of hydrogen-bond donors (Lipinski definition) is 0. The van der Waals surface area contributed by atoms with Crippen LogP contribution in [0.1, 0.15) is 24.2 Å². The Morgan fingerprint density at radius 2 is 1.85 bits per heavy atom. The highest BCUT2D eigenvalue weighted by atomic mass is 35.5. The summed E-state index contributed by atoms with van der Waals surface area (Å²) in [6, 6.07) is 13.4. The molecule has 3 aromatic heterocycles. The number of rotatable bonds is 3. The summed E-state index contributed by atoms with van der Waals surface area (Å²) in [5.74, 6) is 0.635. The minimum atomic E-state index is -0.124. The zero-order valence-corrected chi connectivity index (χ0v) is 19.1. The van der Waals surface area contributed by atoms with Crippen LogP contribution in [0.15, 0.2) is 47.3 Å². The van der Waals surface area contributed by atoms with Crippen molar-refractivity contribution in [2.24, 2.45) is 0 Å². The molecule has 0 spiro atoms. The molecule has 0 unspecified atom stereocenters. The first-order valence-electron chi connectivity index (χ1n) is 11.1. The molecule has 5 aromatic rings. The third-order valence-corrected chi connectivity index (χ3v) is 6.61. The van der Waals surface area contributed by atoms with Gasteiger partial charge in [0.2, 0.25) is 0 Å². The van der Waals surface area contributed by atoms with Crippen molar-refractivity contribution < 1.29 is 4.74 Å². The molecule has 0 aliphatic carbocycles. The average Bonchev–Trinajstić information content (AvgIpc) is 3.42. The lowest BCUT2D eigenvalue weighted by Gasteiger charge is -2.15. The first kappa shape index (κ1) is 20.3. The summed E-state index contributed by atoms with van der Waals surface area (Å²) in [4.78, 5) is 28.5. The first-order chi connectivity index (χ1) is 16.0. The molecule has 1 aliphatic heterocycles. The molecule has 1 saturated heterocycles. The predicted molar refractivity (Wildman–Crippen MR) is 129 cm³/mol. The number of halogens is 1. The Morgan fingerprint density at radius 1 is 1.06 bits per heavy atom. The van der Waals surface area contributed by atoms with Gasteiger partial charge in [-0.05, 0) is 56.5 Å². The van der Waals surface area contributed by atoms with Gasteiger partial charge >= 0.3 is 0 Å². The number of nitrogens with zero attached hydrogens (tertiary/aromatic N) is 5. The molecule has 4 heterocycles. The van der Waals surface area contributed by atoms with Crippen molar-refractivity contribution in [3.63, 3.8) is 0 Å². The van der Waals surface area contributed by atoms with Crippen LogP contribution < -0.4 is 5.56 Å². The zero-order chi connectivity index (χ0) is 22.7. The van der Waals surface area contributed by atoms with Gasteiger partial charge in [0.15, 0.2) is 11.3 Å². The number of benzene rings is 2. The smallest absolute Gasteiger partial charge is 0.265 e. The Kier molecular flexibility index (Phi) is 4.71. The summed E-state index contributed by atoms with van der Waals surface area (Å²) in [5.41, 5.74) is 4.86. The van der Waals surface area contributed by atoms with Gasteiger partial charge in [-0.15, -0.1) is 0 Å². The molecule has 2 aromatic carbocycles. The largest absolute Gasteiger partial charge is 0.376 e. The van der Waals surface area contributed by atoms with Gasteiger partial charge in [0.05, 0.1) is 29.4 Å². The van der Waals surface area contributed by atoms with E-state index in [0.717, 1.165) is 41.7 Å². The first-order valence-corrected chi connectivity index (χ1v) is 11.5. The Bertz CT molecular complexity index is 1620. The van der Waals surface area contributed by atoms with Gasteiger partial charge in [0.25, 0.3) is 5.56 Å². The molecule has 1 aliphatic rings. The number of aromatic nitrogens is 5. The van der Waals surface area contributed by atoms with E-state index in [0.29, 0.717) is 39.6 Å². The highest BCUT2D eigenvalue weighted by Crippen LogP contribution is 2.31. The predicted octanol–water partition coefficient (Wildman–Crippen LogP) is 4.73. The maximum Gasteiger partial charge on any atom is 0.265 e. The lowest BCUT2D eigenvalue weighted by Crippen LogP contribution is -2.29. The standard InChI is InChI=1S/C25H22ClN5O2/c1-14-9-10-16(26)12-20(14)31-23-21(22-24(31)29-19-8-4-3-7-18(19)28-22)25(32)30(15(2)27-23)13-17-6-5-11-33-17/h3-4,7-10,12,17H,5-6,11,13H2,1-2H3/t17-/m1/s1. The van der Waals surface area contributed by atoms with Gasteiger partial charge < -0.3 is 4.74 Å². The SMILES string of the molecule is Cc1ccc(Cl)cc1-n1c2nc3ccccc3nc2c2c(=O)n(C[C@H]3CCCO3)c(C)nc21. The Hall–Kier alpha value is -3.29. The number of aryl methyl sites for hydroxylation is 2. The molecule has 6 rings (SSSR count). The second-order valence-corrected chi connectivity index (χ2v) is 9.00. The summed E-state index contributed by atoms with van der Waals surface area (Å²) in [7, 11) is 0. The molecule has 33 heavy (non-hydrogen) atoms. The van der Waals surface area contributed by atoms with Crippen LogP contribution in [0.3, 0.4) is 0 Å². The van der Waals surface area contributed by atoms with E-state index >= 15 is 0 Å². The lowest BCUT2D eigenvalue weighted by atomic mass is 10.2. The van der Waals surface area contributed by atoms with Crippen molar-refractivity contribution in [1.29, 1.82) is 0 Å². The van der Waals surface area contributed by atoms with E-state index in [2.05, 4.69) is 0 Å². The molecule has 1 fully saturated rings. The van der Waals surface area contributed by atoms with Crippen molar-refractivity contribution in [1.82, 2.24) is 24.1 Å². The van der Waals surface area contributed by atoms with Gasteiger partial charge in [0.1, 0.15) is 16.7 Å². The van der Waals surface area contributed by atoms with Gasteiger partial charge in [-0.1, -0.05) is 29.8 Å². The summed E-state index contributed by atoms with van der Waals surface area (Å²) in [6.45, 7) is 5.08. The molecular weight excluding hydrogens is 438 g/mol. The van der Waals surface area contributed by atoms with Gasteiger partial charge in [0, 0.05) is 11.6 Å². The maximum atomic E-state index is 13.8. The Labute approximate surface area is 194 Å². The van der Waals surface area contributed by atoms with E-state index in [4.69, 9.17) is 31.3 Å². The molecular formula is C25H22ClN5O2. The summed E-state index contributed by atoms with van der Waals surface area (Å²) >= 11 is 6.36. The third kappa shape index (κ3) is 3.22. The van der Waals surface area contributed by atoms with E-state index in [9.17, 15) is 4.79 Å². The molecule has 8 heteroatoms. The van der Waals surface area contributed by atoms with Crippen molar-refractivity contribution in [3.05, 3.63) is 69.2 Å². The van der Waals surface area contributed by atoms with Crippen molar-refractivity contribution in [3.8, 4) is 5.69 Å². The van der Waals surface area contributed by atoms with Crippen molar-refractivity contribution in [2.45, 2.75) is 39.3 Å². The van der Waals surface area contributed by atoms with Crippen LogP contribution in [-0.2, 0) is 11.3 Å². The minimum absolute atomic E-state index is 0.0242. The van der Waals surface area contributed by atoms with Gasteiger partial charge in [-0.3, -0.25) is 13.9 Å². The van der Waals surface area contributed by atoms with Crippen LogP contribution in [0, 0.1) is 13.8 Å². The van der Waals surface area contributed by atoms with E-state index in [1.54, 1.807) is 4.57 Å².